The third kappa shape index (κ3) is 3.05. The highest BCUT2D eigenvalue weighted by molar-refractivity contribution is 6.30. The number of nitrogens with zero attached hydrogens (tertiary/aromatic N) is 2. The van der Waals surface area contributed by atoms with Crippen LogP contribution >= 0.6 is 11.6 Å². The highest BCUT2D eigenvalue weighted by atomic mass is 35.5. The average molecular weight is 291 g/mol. The van der Waals surface area contributed by atoms with Gasteiger partial charge in [0.2, 0.25) is 0 Å². The van der Waals surface area contributed by atoms with Gasteiger partial charge in [0.25, 0.3) is 0 Å². The molecule has 1 aromatic heterocycles. The van der Waals surface area contributed by atoms with Crippen molar-refractivity contribution in [1.82, 2.24) is 10.1 Å². The molecular formula is C16H19ClN2O. The summed E-state index contributed by atoms with van der Waals surface area (Å²) < 4.78 is 5.27. The van der Waals surface area contributed by atoms with E-state index in [9.17, 15) is 0 Å². The number of halogens is 1. The standard InChI is InChI=1S/C16H19ClN2O/c1-11-16(12(2)20-18-11)10-19(15-7-8-15)9-13-3-5-14(17)6-4-13/h3-6,15H,7-10H2,1-2H3. The van der Waals surface area contributed by atoms with Crippen molar-refractivity contribution >= 4 is 11.6 Å². The van der Waals surface area contributed by atoms with Gasteiger partial charge in [-0.1, -0.05) is 28.9 Å². The van der Waals surface area contributed by atoms with Crippen LogP contribution in [-0.4, -0.2) is 16.1 Å². The highest BCUT2D eigenvalue weighted by Crippen LogP contribution is 2.31. The van der Waals surface area contributed by atoms with Crippen LogP contribution < -0.4 is 0 Å². The van der Waals surface area contributed by atoms with Crippen molar-refractivity contribution in [1.29, 1.82) is 0 Å². The maximum atomic E-state index is 5.95. The van der Waals surface area contributed by atoms with Gasteiger partial charge in [0, 0.05) is 29.7 Å². The van der Waals surface area contributed by atoms with Crippen molar-refractivity contribution in [3.8, 4) is 0 Å². The molecule has 3 nitrogen and oxygen atoms in total. The second-order valence-corrected chi connectivity index (χ2v) is 6.00. The Balaban J connectivity index is 1.74. The van der Waals surface area contributed by atoms with Crippen LogP contribution in [0.25, 0.3) is 0 Å². The summed E-state index contributed by atoms with van der Waals surface area (Å²) in [5, 5.41) is 4.84. The zero-order chi connectivity index (χ0) is 14.1. The second kappa shape index (κ2) is 5.58. The van der Waals surface area contributed by atoms with E-state index in [0.717, 1.165) is 29.6 Å². The van der Waals surface area contributed by atoms with E-state index >= 15 is 0 Å². The number of hydrogen-bond acceptors (Lipinski definition) is 3. The van der Waals surface area contributed by atoms with Crippen molar-refractivity contribution in [2.24, 2.45) is 0 Å². The molecule has 0 radical (unpaired) electrons. The van der Waals surface area contributed by atoms with Crippen molar-refractivity contribution in [3.05, 3.63) is 51.9 Å². The van der Waals surface area contributed by atoms with Crippen LogP contribution in [0.3, 0.4) is 0 Å². The smallest absolute Gasteiger partial charge is 0.138 e. The summed E-state index contributed by atoms with van der Waals surface area (Å²) in [4.78, 5) is 2.51. The largest absolute Gasteiger partial charge is 0.361 e. The first-order chi connectivity index (χ1) is 9.63. The Bertz CT molecular complexity index is 568. The summed E-state index contributed by atoms with van der Waals surface area (Å²) in [7, 11) is 0. The van der Waals surface area contributed by atoms with Gasteiger partial charge in [0.15, 0.2) is 0 Å². The van der Waals surface area contributed by atoms with Crippen molar-refractivity contribution in [2.75, 3.05) is 0 Å². The van der Waals surface area contributed by atoms with E-state index in [1.165, 1.54) is 24.0 Å². The summed E-state index contributed by atoms with van der Waals surface area (Å²) in [6, 6.07) is 8.81. The molecule has 1 aliphatic carbocycles. The zero-order valence-electron chi connectivity index (χ0n) is 11.9. The summed E-state index contributed by atoms with van der Waals surface area (Å²) in [6.07, 6.45) is 2.58. The zero-order valence-corrected chi connectivity index (χ0v) is 12.7. The average Bonchev–Trinajstić information content (AvgIpc) is 3.22. The molecule has 3 rings (SSSR count). The first-order valence-electron chi connectivity index (χ1n) is 7.03. The van der Waals surface area contributed by atoms with Gasteiger partial charge >= 0.3 is 0 Å². The molecule has 1 heterocycles. The minimum atomic E-state index is 0.694. The first kappa shape index (κ1) is 13.7. The Morgan fingerprint density at radius 1 is 1.20 bits per heavy atom. The van der Waals surface area contributed by atoms with Crippen LogP contribution in [-0.2, 0) is 13.1 Å². The molecule has 0 atom stereocenters. The lowest BCUT2D eigenvalue weighted by atomic mass is 10.1. The minimum Gasteiger partial charge on any atom is -0.361 e. The quantitative estimate of drug-likeness (QED) is 0.830. The first-order valence-corrected chi connectivity index (χ1v) is 7.41. The lowest BCUT2D eigenvalue weighted by molar-refractivity contribution is 0.243. The van der Waals surface area contributed by atoms with E-state index in [2.05, 4.69) is 22.2 Å². The van der Waals surface area contributed by atoms with Gasteiger partial charge < -0.3 is 4.52 Å². The van der Waals surface area contributed by atoms with Gasteiger partial charge in [-0.3, -0.25) is 4.90 Å². The molecule has 0 bridgehead atoms. The number of rotatable bonds is 5. The Labute approximate surface area is 124 Å². The van der Waals surface area contributed by atoms with Crippen LogP contribution in [0.4, 0.5) is 0 Å². The lowest BCUT2D eigenvalue weighted by Crippen LogP contribution is -2.25. The maximum absolute atomic E-state index is 5.95. The molecular weight excluding hydrogens is 272 g/mol. The molecule has 0 N–H and O–H groups in total. The number of aryl methyl sites for hydroxylation is 2. The molecule has 0 spiro atoms. The second-order valence-electron chi connectivity index (χ2n) is 5.57. The van der Waals surface area contributed by atoms with Gasteiger partial charge in [-0.15, -0.1) is 0 Å². The van der Waals surface area contributed by atoms with Crippen LogP contribution in [0, 0.1) is 13.8 Å². The number of hydrogen-bond donors (Lipinski definition) is 0. The van der Waals surface area contributed by atoms with E-state index in [-0.39, 0.29) is 0 Å². The molecule has 20 heavy (non-hydrogen) atoms. The number of benzene rings is 1. The fraction of sp³-hybridized carbons (Fsp3) is 0.438. The van der Waals surface area contributed by atoms with Crippen molar-refractivity contribution < 1.29 is 4.52 Å². The minimum absolute atomic E-state index is 0.694. The Morgan fingerprint density at radius 3 is 2.45 bits per heavy atom. The summed E-state index contributed by atoms with van der Waals surface area (Å²) in [6.45, 7) is 5.86. The molecule has 4 heteroatoms. The lowest BCUT2D eigenvalue weighted by Gasteiger charge is -2.22. The van der Waals surface area contributed by atoms with Crippen LogP contribution in [0.1, 0.15) is 35.4 Å². The summed E-state index contributed by atoms with van der Waals surface area (Å²) in [5.41, 5.74) is 3.53. The Morgan fingerprint density at radius 2 is 1.90 bits per heavy atom. The number of aromatic nitrogens is 1. The monoisotopic (exact) mass is 290 g/mol. The Kier molecular flexibility index (Phi) is 3.81. The molecule has 106 valence electrons. The van der Waals surface area contributed by atoms with Crippen molar-refractivity contribution in [2.45, 2.75) is 45.8 Å². The predicted molar refractivity (Wildman–Crippen MR) is 79.7 cm³/mol. The molecule has 2 aromatic rings. The predicted octanol–water partition coefficient (Wildman–Crippen LogP) is 4.11. The van der Waals surface area contributed by atoms with E-state index in [1.54, 1.807) is 0 Å². The van der Waals surface area contributed by atoms with Gasteiger partial charge in [0.1, 0.15) is 5.76 Å². The molecule has 0 aliphatic heterocycles. The molecule has 0 unspecified atom stereocenters. The van der Waals surface area contributed by atoms with Crippen LogP contribution in [0.5, 0.6) is 0 Å². The van der Waals surface area contributed by atoms with E-state index in [0.29, 0.717) is 6.04 Å². The molecule has 1 aromatic carbocycles. The fourth-order valence-electron chi connectivity index (χ4n) is 2.51. The fourth-order valence-corrected chi connectivity index (χ4v) is 2.63. The summed E-state index contributed by atoms with van der Waals surface area (Å²) in [5.74, 6) is 0.934. The SMILES string of the molecule is Cc1noc(C)c1CN(Cc1ccc(Cl)cc1)C1CC1. The molecule has 0 saturated heterocycles. The van der Waals surface area contributed by atoms with Crippen LogP contribution in [0.2, 0.25) is 5.02 Å². The Hall–Kier alpha value is -1.32. The molecule has 1 saturated carbocycles. The third-order valence-electron chi connectivity index (χ3n) is 3.90. The normalized spacial score (nSPS) is 15.0. The molecule has 1 aliphatic rings. The highest BCUT2D eigenvalue weighted by Gasteiger charge is 2.30. The maximum Gasteiger partial charge on any atom is 0.138 e. The topological polar surface area (TPSA) is 29.3 Å². The van der Waals surface area contributed by atoms with E-state index in [1.807, 2.05) is 26.0 Å². The third-order valence-corrected chi connectivity index (χ3v) is 4.16. The van der Waals surface area contributed by atoms with Gasteiger partial charge in [-0.2, -0.15) is 0 Å². The van der Waals surface area contributed by atoms with E-state index in [4.69, 9.17) is 16.1 Å². The van der Waals surface area contributed by atoms with E-state index < -0.39 is 0 Å². The van der Waals surface area contributed by atoms with Gasteiger partial charge in [-0.25, -0.2) is 0 Å². The van der Waals surface area contributed by atoms with Gasteiger partial charge in [0.05, 0.1) is 5.69 Å². The molecule has 1 fully saturated rings. The van der Waals surface area contributed by atoms with Crippen LogP contribution in [0.15, 0.2) is 28.8 Å². The van der Waals surface area contributed by atoms with Gasteiger partial charge in [-0.05, 0) is 44.4 Å². The van der Waals surface area contributed by atoms with Crippen molar-refractivity contribution in [3.63, 3.8) is 0 Å². The molecule has 0 amide bonds. The summed E-state index contributed by atoms with van der Waals surface area (Å²) >= 11 is 5.95.